The van der Waals surface area contributed by atoms with Gasteiger partial charge in [-0.05, 0) is 38.1 Å². The lowest BCUT2D eigenvalue weighted by molar-refractivity contribution is 0.508. The second-order valence-electron chi connectivity index (χ2n) is 4.47. The Morgan fingerprint density at radius 2 is 1.95 bits per heavy atom. The number of rotatable bonds is 4. The topological polar surface area (TPSA) is 38.0 Å². The molecular weight excluding hydrogens is 298 g/mol. The molecule has 0 amide bonds. The molecular formula is C14H14F2N2S2. The molecule has 1 heterocycles. The molecule has 0 aliphatic heterocycles. The lowest BCUT2D eigenvalue weighted by atomic mass is 10.1. The number of benzene rings is 1. The fraction of sp³-hybridized carbons (Fsp3) is 0.214. The first kappa shape index (κ1) is 14.9. The largest absolute Gasteiger partial charge is 0.389 e. The Morgan fingerprint density at radius 3 is 2.50 bits per heavy atom. The van der Waals surface area contributed by atoms with E-state index in [2.05, 4.69) is 17.5 Å². The predicted molar refractivity (Wildman–Crippen MR) is 83.3 cm³/mol. The highest BCUT2D eigenvalue weighted by molar-refractivity contribution is 7.80. The van der Waals surface area contributed by atoms with Crippen LogP contribution >= 0.6 is 23.6 Å². The van der Waals surface area contributed by atoms with E-state index in [1.165, 1.54) is 17.0 Å². The van der Waals surface area contributed by atoms with Crippen molar-refractivity contribution >= 4 is 34.2 Å². The maximum absolute atomic E-state index is 14.0. The third kappa shape index (κ3) is 2.96. The molecule has 20 heavy (non-hydrogen) atoms. The Balaban J connectivity index is 2.26. The second kappa shape index (κ2) is 5.85. The molecule has 0 aliphatic rings. The first-order valence-electron chi connectivity index (χ1n) is 6.01. The molecule has 2 nitrogen and oxygen atoms in total. The third-order valence-corrected chi connectivity index (χ3v) is 4.31. The van der Waals surface area contributed by atoms with Crippen molar-refractivity contribution in [1.82, 2.24) is 0 Å². The van der Waals surface area contributed by atoms with Crippen LogP contribution in [0.4, 0.5) is 14.5 Å². The molecule has 2 rings (SSSR count). The lowest BCUT2D eigenvalue weighted by Gasteiger charge is -2.15. The number of nitrogens with one attached hydrogen (secondary N) is 1. The zero-order chi connectivity index (χ0) is 14.9. The molecule has 0 saturated heterocycles. The highest BCUT2D eigenvalue weighted by Crippen LogP contribution is 2.28. The predicted octanol–water partition coefficient (Wildman–Crippen LogP) is 4.14. The van der Waals surface area contributed by atoms with E-state index in [4.69, 9.17) is 5.73 Å². The molecule has 2 aromatic rings. The second-order valence-corrected chi connectivity index (χ2v) is 6.23. The van der Waals surface area contributed by atoms with Crippen molar-refractivity contribution in [3.05, 3.63) is 51.2 Å². The van der Waals surface area contributed by atoms with Crippen LogP contribution in [0.15, 0.2) is 24.3 Å². The van der Waals surface area contributed by atoms with Crippen LogP contribution in [0.25, 0.3) is 0 Å². The fourth-order valence-electron chi connectivity index (χ4n) is 1.84. The summed E-state index contributed by atoms with van der Waals surface area (Å²) in [4.78, 5) is 2.07. The molecule has 0 radical (unpaired) electrons. The Hall–Kier alpha value is -1.53. The van der Waals surface area contributed by atoms with Gasteiger partial charge < -0.3 is 11.1 Å². The zero-order valence-corrected chi connectivity index (χ0v) is 12.7. The van der Waals surface area contributed by atoms with E-state index in [1.54, 1.807) is 11.3 Å². The summed E-state index contributed by atoms with van der Waals surface area (Å²) in [7, 11) is 0. The monoisotopic (exact) mass is 312 g/mol. The minimum absolute atomic E-state index is 0.0809. The van der Waals surface area contributed by atoms with E-state index < -0.39 is 11.6 Å². The summed E-state index contributed by atoms with van der Waals surface area (Å²) in [6.45, 7) is 3.89. The molecule has 0 saturated carbocycles. The van der Waals surface area contributed by atoms with Gasteiger partial charge in [-0.3, -0.25) is 0 Å². The van der Waals surface area contributed by atoms with Crippen LogP contribution < -0.4 is 11.1 Å². The van der Waals surface area contributed by atoms with Crippen LogP contribution in [0, 0.1) is 18.6 Å². The Morgan fingerprint density at radius 1 is 1.25 bits per heavy atom. The number of hydrogen-bond donors (Lipinski definition) is 2. The molecule has 1 aromatic heterocycles. The minimum atomic E-state index is -1.02. The van der Waals surface area contributed by atoms with E-state index in [0.717, 1.165) is 4.88 Å². The molecule has 1 atom stereocenters. The van der Waals surface area contributed by atoms with Crippen molar-refractivity contribution in [2.45, 2.75) is 19.9 Å². The number of thiophene rings is 1. The first-order chi connectivity index (χ1) is 9.40. The maximum atomic E-state index is 14.0. The summed E-state index contributed by atoms with van der Waals surface area (Å²) in [5.74, 6) is -1.98. The Labute approximate surface area is 125 Å². The van der Waals surface area contributed by atoms with E-state index in [1.807, 2.05) is 26.0 Å². The van der Waals surface area contributed by atoms with Crippen LogP contribution in [0.1, 0.15) is 28.3 Å². The molecule has 0 aliphatic carbocycles. The summed E-state index contributed by atoms with van der Waals surface area (Å²) in [6, 6.07) is 6.68. The SMILES string of the molecule is Cc1ccc(C(C)Nc2ccc(C(N)=S)c(F)c2F)s1. The maximum Gasteiger partial charge on any atom is 0.182 e. The van der Waals surface area contributed by atoms with Gasteiger partial charge in [-0.25, -0.2) is 8.78 Å². The van der Waals surface area contributed by atoms with Gasteiger partial charge in [-0.15, -0.1) is 11.3 Å². The smallest absolute Gasteiger partial charge is 0.182 e. The van der Waals surface area contributed by atoms with Gasteiger partial charge in [-0.1, -0.05) is 12.2 Å². The number of nitrogens with two attached hydrogens (primary N) is 1. The molecule has 1 aromatic carbocycles. The van der Waals surface area contributed by atoms with Crippen molar-refractivity contribution in [3.63, 3.8) is 0 Å². The van der Waals surface area contributed by atoms with Gasteiger partial charge in [0, 0.05) is 15.3 Å². The van der Waals surface area contributed by atoms with Crippen LogP contribution in [0.2, 0.25) is 0 Å². The van der Waals surface area contributed by atoms with Crippen molar-refractivity contribution < 1.29 is 8.78 Å². The van der Waals surface area contributed by atoms with Gasteiger partial charge in [-0.2, -0.15) is 0 Å². The van der Waals surface area contributed by atoms with Crippen LogP contribution in [-0.4, -0.2) is 4.99 Å². The Kier molecular flexibility index (Phi) is 4.35. The number of thiocarbonyl (C=S) groups is 1. The Bertz CT molecular complexity index is 653. The third-order valence-electron chi connectivity index (χ3n) is 2.91. The number of hydrogen-bond acceptors (Lipinski definition) is 3. The summed E-state index contributed by atoms with van der Waals surface area (Å²) in [6.07, 6.45) is 0. The average molecular weight is 312 g/mol. The van der Waals surface area contributed by atoms with Crippen LogP contribution in [0.3, 0.4) is 0 Å². The number of halogens is 2. The highest BCUT2D eigenvalue weighted by atomic mass is 32.1. The molecule has 0 bridgehead atoms. The van der Waals surface area contributed by atoms with E-state index in [0.29, 0.717) is 0 Å². The summed E-state index contributed by atoms with van der Waals surface area (Å²) < 4.78 is 27.7. The molecule has 3 N–H and O–H groups in total. The summed E-state index contributed by atoms with van der Waals surface area (Å²) in [5, 5.41) is 2.96. The fourth-order valence-corrected chi connectivity index (χ4v) is 2.88. The summed E-state index contributed by atoms with van der Waals surface area (Å²) >= 11 is 6.29. The first-order valence-corrected chi connectivity index (χ1v) is 7.23. The molecule has 0 fully saturated rings. The molecule has 6 heteroatoms. The lowest BCUT2D eigenvalue weighted by Crippen LogP contribution is -2.14. The highest BCUT2D eigenvalue weighted by Gasteiger charge is 2.17. The van der Waals surface area contributed by atoms with E-state index in [-0.39, 0.29) is 22.3 Å². The quantitative estimate of drug-likeness (QED) is 0.833. The van der Waals surface area contributed by atoms with Gasteiger partial charge >= 0.3 is 0 Å². The molecule has 1 unspecified atom stereocenters. The van der Waals surface area contributed by atoms with Crippen LogP contribution in [0.5, 0.6) is 0 Å². The molecule has 106 valence electrons. The van der Waals surface area contributed by atoms with Gasteiger partial charge in [0.05, 0.1) is 11.7 Å². The average Bonchev–Trinajstić information content (AvgIpc) is 2.81. The van der Waals surface area contributed by atoms with Crippen LogP contribution in [-0.2, 0) is 0 Å². The van der Waals surface area contributed by atoms with Crippen molar-refractivity contribution in [2.24, 2.45) is 5.73 Å². The van der Waals surface area contributed by atoms with Gasteiger partial charge in [0.15, 0.2) is 11.6 Å². The van der Waals surface area contributed by atoms with E-state index >= 15 is 0 Å². The van der Waals surface area contributed by atoms with Gasteiger partial charge in [0.1, 0.15) is 4.99 Å². The number of aryl methyl sites for hydroxylation is 1. The van der Waals surface area contributed by atoms with Gasteiger partial charge in [0.25, 0.3) is 0 Å². The van der Waals surface area contributed by atoms with Crippen molar-refractivity contribution in [3.8, 4) is 0 Å². The van der Waals surface area contributed by atoms with E-state index in [9.17, 15) is 8.78 Å². The number of anilines is 1. The van der Waals surface area contributed by atoms with Gasteiger partial charge in [0.2, 0.25) is 0 Å². The zero-order valence-electron chi connectivity index (χ0n) is 11.0. The van der Waals surface area contributed by atoms with Crippen molar-refractivity contribution in [2.75, 3.05) is 5.32 Å². The molecule has 0 spiro atoms. The standard InChI is InChI=1S/C14H14F2N2S2/c1-7-3-6-11(20-7)8(2)18-10-5-4-9(14(17)19)12(15)13(10)16/h3-6,8,18H,1-2H3,(H2,17,19). The van der Waals surface area contributed by atoms with Crippen molar-refractivity contribution in [1.29, 1.82) is 0 Å². The minimum Gasteiger partial charge on any atom is -0.389 e. The normalized spacial score (nSPS) is 12.2. The summed E-state index contributed by atoms with van der Waals surface area (Å²) in [5.41, 5.74) is 5.35.